The lowest BCUT2D eigenvalue weighted by Gasteiger charge is -2.47. The van der Waals surface area contributed by atoms with Crippen molar-refractivity contribution in [2.75, 3.05) is 24.5 Å². The summed E-state index contributed by atoms with van der Waals surface area (Å²) in [5.41, 5.74) is 4.09. The van der Waals surface area contributed by atoms with Crippen LogP contribution in [0.5, 0.6) is 0 Å². The number of carboxylic acids is 2. The van der Waals surface area contributed by atoms with Gasteiger partial charge in [0.05, 0.1) is 17.6 Å². The summed E-state index contributed by atoms with van der Waals surface area (Å²) < 4.78 is 67.9. The van der Waals surface area contributed by atoms with Gasteiger partial charge in [0.2, 0.25) is 5.95 Å². The van der Waals surface area contributed by atoms with E-state index in [2.05, 4.69) is 63.3 Å². The monoisotopic (exact) mass is 662 g/mol. The van der Waals surface area contributed by atoms with E-state index < -0.39 is 24.3 Å². The summed E-state index contributed by atoms with van der Waals surface area (Å²) in [6.45, 7) is 14.6. The van der Waals surface area contributed by atoms with Crippen LogP contribution in [-0.2, 0) is 34.6 Å². The topological polar surface area (TPSA) is 142 Å². The van der Waals surface area contributed by atoms with Crippen LogP contribution in [0.3, 0.4) is 0 Å². The molecule has 5 rings (SSSR count). The highest BCUT2D eigenvalue weighted by Gasteiger charge is 2.46. The van der Waals surface area contributed by atoms with Gasteiger partial charge < -0.3 is 19.7 Å². The fourth-order valence-electron chi connectivity index (χ4n) is 5.64. The lowest BCUT2D eigenvalue weighted by molar-refractivity contribution is -0.193. The predicted octanol–water partition coefficient (Wildman–Crippen LogP) is 4.60. The lowest BCUT2D eigenvalue weighted by Crippen LogP contribution is -2.52. The predicted molar refractivity (Wildman–Crippen MR) is 152 cm³/mol. The summed E-state index contributed by atoms with van der Waals surface area (Å²) in [6.07, 6.45) is -0.168. The third kappa shape index (κ3) is 8.95. The molecule has 0 bridgehead atoms. The standard InChI is InChI=1S/C24H34N8.2C2HF3O2/c1-5-31-15-20(13-27-31)14-29-16-21-22(28-19(4)32(21)18(2)3)24(17-29)7-11-30(12-8-24)23-25-9-6-10-26-23;2*3-2(4,5)1(6)7/h6,9-10,13,15,18H,5,7-8,11-12,14,16-17H2,1-4H3;2*(H,6,7). The molecule has 1 fully saturated rings. The van der Waals surface area contributed by atoms with E-state index in [4.69, 9.17) is 24.8 Å². The van der Waals surface area contributed by atoms with Gasteiger partial charge in [-0.15, -0.1) is 0 Å². The van der Waals surface area contributed by atoms with Crippen molar-refractivity contribution in [1.29, 1.82) is 0 Å². The Morgan fingerprint density at radius 1 is 1.00 bits per heavy atom. The van der Waals surface area contributed by atoms with Gasteiger partial charge in [-0.3, -0.25) is 9.58 Å². The van der Waals surface area contributed by atoms with Gasteiger partial charge in [-0.1, -0.05) is 0 Å². The average Bonchev–Trinajstić information content (AvgIpc) is 3.57. The molecule has 0 unspecified atom stereocenters. The number of carbonyl (C=O) groups is 2. The fraction of sp³-hybridized carbons (Fsp3) is 0.571. The van der Waals surface area contributed by atoms with Crippen LogP contribution in [0.15, 0.2) is 30.9 Å². The largest absolute Gasteiger partial charge is 0.490 e. The highest BCUT2D eigenvalue weighted by molar-refractivity contribution is 5.73. The first-order valence-electron chi connectivity index (χ1n) is 14.3. The van der Waals surface area contributed by atoms with Crippen molar-refractivity contribution in [2.24, 2.45) is 0 Å². The Balaban J connectivity index is 0.000000345. The van der Waals surface area contributed by atoms with E-state index in [9.17, 15) is 26.3 Å². The third-order valence-corrected chi connectivity index (χ3v) is 7.56. The second-order valence-electron chi connectivity index (χ2n) is 11.2. The zero-order valence-corrected chi connectivity index (χ0v) is 25.7. The van der Waals surface area contributed by atoms with E-state index in [1.807, 2.05) is 29.3 Å². The van der Waals surface area contributed by atoms with Gasteiger partial charge in [-0.05, 0) is 46.6 Å². The zero-order valence-electron chi connectivity index (χ0n) is 25.7. The maximum absolute atomic E-state index is 10.6. The molecule has 0 aromatic carbocycles. The summed E-state index contributed by atoms with van der Waals surface area (Å²) in [5.74, 6) is -3.54. The van der Waals surface area contributed by atoms with Crippen molar-refractivity contribution in [3.8, 4) is 0 Å². The Hall–Kier alpha value is -4.22. The van der Waals surface area contributed by atoms with Crippen molar-refractivity contribution in [2.45, 2.75) is 84.0 Å². The normalized spacial score (nSPS) is 16.3. The number of hydrogen-bond acceptors (Lipinski definition) is 8. The molecule has 2 N–H and O–H groups in total. The third-order valence-electron chi connectivity index (χ3n) is 7.56. The quantitative estimate of drug-likeness (QED) is 0.373. The van der Waals surface area contributed by atoms with E-state index in [-0.39, 0.29) is 5.41 Å². The Kier molecular flexibility index (Phi) is 11.4. The first-order valence-corrected chi connectivity index (χ1v) is 14.3. The summed E-state index contributed by atoms with van der Waals surface area (Å²) in [7, 11) is 0. The van der Waals surface area contributed by atoms with Crippen molar-refractivity contribution in [1.82, 2.24) is 34.2 Å². The second kappa shape index (κ2) is 14.5. The summed E-state index contributed by atoms with van der Waals surface area (Å²) in [4.78, 5) is 36.9. The Morgan fingerprint density at radius 2 is 1.54 bits per heavy atom. The molecule has 1 saturated heterocycles. The molecule has 2 aliphatic rings. The molecule has 18 heteroatoms. The minimum atomic E-state index is -5.08. The smallest absolute Gasteiger partial charge is 0.475 e. The molecule has 46 heavy (non-hydrogen) atoms. The number of piperidine rings is 1. The molecule has 0 atom stereocenters. The summed E-state index contributed by atoms with van der Waals surface area (Å²) in [5, 5.41) is 18.7. The minimum Gasteiger partial charge on any atom is -0.475 e. The number of aromatic nitrogens is 6. The molecular weight excluding hydrogens is 626 g/mol. The van der Waals surface area contributed by atoms with Crippen molar-refractivity contribution in [3.63, 3.8) is 0 Å². The highest BCUT2D eigenvalue weighted by atomic mass is 19.4. The van der Waals surface area contributed by atoms with Gasteiger partial charge in [0.1, 0.15) is 5.82 Å². The van der Waals surface area contributed by atoms with Crippen LogP contribution < -0.4 is 4.90 Å². The number of alkyl halides is 6. The minimum absolute atomic E-state index is 0.0739. The van der Waals surface area contributed by atoms with E-state index in [0.717, 1.165) is 63.9 Å². The average molecular weight is 663 g/mol. The number of rotatable bonds is 5. The highest BCUT2D eigenvalue weighted by Crippen LogP contribution is 2.43. The van der Waals surface area contributed by atoms with Crippen molar-refractivity contribution >= 4 is 17.9 Å². The number of nitrogens with zero attached hydrogens (tertiary/aromatic N) is 8. The van der Waals surface area contributed by atoms with Gasteiger partial charge in [0, 0.05) is 74.9 Å². The molecule has 0 saturated carbocycles. The van der Waals surface area contributed by atoms with E-state index in [0.29, 0.717) is 6.04 Å². The number of aliphatic carboxylic acids is 2. The molecular formula is C28H36F6N8O4. The zero-order chi connectivity index (χ0) is 34.4. The first-order chi connectivity index (χ1) is 21.4. The lowest BCUT2D eigenvalue weighted by atomic mass is 9.72. The number of aryl methyl sites for hydroxylation is 2. The van der Waals surface area contributed by atoms with Crippen LogP contribution in [0.4, 0.5) is 32.3 Å². The number of anilines is 1. The van der Waals surface area contributed by atoms with Crippen molar-refractivity contribution < 1.29 is 46.1 Å². The number of fused-ring (bicyclic) bond motifs is 2. The summed E-state index contributed by atoms with van der Waals surface area (Å²) in [6, 6.07) is 2.28. The maximum Gasteiger partial charge on any atom is 0.490 e. The molecule has 1 spiro atoms. The van der Waals surface area contributed by atoms with Gasteiger partial charge in [-0.25, -0.2) is 24.5 Å². The van der Waals surface area contributed by atoms with Crippen molar-refractivity contribution in [3.05, 3.63) is 53.6 Å². The SMILES string of the molecule is CCn1cc(CN2Cc3c(nc(C)n3C(C)C)C3(CCN(c4ncccn4)CC3)C2)cn1.O=C(O)C(F)(F)F.O=C(O)C(F)(F)F. The molecule has 0 aliphatic carbocycles. The van der Waals surface area contributed by atoms with Crippen LogP contribution in [0.1, 0.15) is 62.4 Å². The number of carboxylic acid groups (broad SMARTS) is 2. The molecule has 3 aromatic rings. The molecule has 3 aromatic heterocycles. The van der Waals surface area contributed by atoms with Gasteiger partial charge in [0.15, 0.2) is 0 Å². The first kappa shape index (κ1) is 36.3. The number of halogens is 6. The van der Waals surface area contributed by atoms with Crippen LogP contribution in [0.25, 0.3) is 0 Å². The fourth-order valence-corrected chi connectivity index (χ4v) is 5.64. The van der Waals surface area contributed by atoms with E-state index in [1.54, 1.807) is 0 Å². The molecule has 0 radical (unpaired) electrons. The van der Waals surface area contributed by atoms with Crippen LogP contribution in [0.2, 0.25) is 0 Å². The summed E-state index contributed by atoms with van der Waals surface area (Å²) >= 11 is 0. The van der Waals surface area contributed by atoms with Crippen LogP contribution in [0, 0.1) is 6.92 Å². The second-order valence-corrected chi connectivity index (χ2v) is 11.2. The van der Waals surface area contributed by atoms with E-state index in [1.165, 1.54) is 17.0 Å². The number of hydrogen-bond donors (Lipinski definition) is 2. The van der Waals surface area contributed by atoms with Crippen LogP contribution >= 0.6 is 0 Å². The molecule has 5 heterocycles. The van der Waals surface area contributed by atoms with Gasteiger partial charge in [0.25, 0.3) is 0 Å². The molecule has 254 valence electrons. The maximum atomic E-state index is 10.6. The molecule has 12 nitrogen and oxygen atoms in total. The molecule has 0 amide bonds. The Labute approximate surface area is 260 Å². The van der Waals surface area contributed by atoms with Gasteiger partial charge >= 0.3 is 24.3 Å². The Morgan fingerprint density at radius 3 is 2.00 bits per heavy atom. The Bertz CT molecular complexity index is 1440. The van der Waals surface area contributed by atoms with E-state index >= 15 is 0 Å². The number of imidazole rings is 1. The molecule has 2 aliphatic heterocycles. The van der Waals surface area contributed by atoms with Crippen LogP contribution in [-0.4, -0.2) is 88.3 Å². The van der Waals surface area contributed by atoms with Gasteiger partial charge in [-0.2, -0.15) is 31.4 Å².